The Morgan fingerprint density at radius 1 is 1.23 bits per heavy atom. The normalized spacial score (nSPS) is 12.3. The zero-order valence-corrected chi connectivity index (χ0v) is 13.1. The molecule has 0 saturated carbocycles. The number of carbonyl (C=O) groups is 1. The Bertz CT molecular complexity index is 487. The standard InChI is InChI=1S/C12H19F3N4O2S/c1-3-5-11(21,6-4-2)7-16-9(20)17-10-19-18-8(22-10)12(13,14)15/h21H,3-7H2,1-2H3,(H2,16,17,19,20). The molecule has 2 amide bonds. The van der Waals surface area contributed by atoms with E-state index >= 15 is 0 Å². The van der Waals surface area contributed by atoms with Gasteiger partial charge in [-0.1, -0.05) is 38.0 Å². The largest absolute Gasteiger partial charge is 0.445 e. The van der Waals surface area contributed by atoms with Gasteiger partial charge in [-0.05, 0) is 12.8 Å². The molecule has 0 bridgehead atoms. The maximum Gasteiger partial charge on any atom is 0.445 e. The van der Waals surface area contributed by atoms with Gasteiger partial charge in [-0.3, -0.25) is 5.32 Å². The molecule has 126 valence electrons. The van der Waals surface area contributed by atoms with Crippen LogP contribution in [0, 0.1) is 0 Å². The monoisotopic (exact) mass is 340 g/mol. The molecule has 1 rings (SSSR count). The third-order valence-electron chi connectivity index (χ3n) is 2.90. The summed E-state index contributed by atoms with van der Waals surface area (Å²) in [4.78, 5) is 11.7. The van der Waals surface area contributed by atoms with Gasteiger partial charge < -0.3 is 10.4 Å². The SMILES string of the molecule is CCCC(O)(CCC)CNC(=O)Nc1nnc(C(F)(F)F)s1. The maximum absolute atomic E-state index is 12.4. The summed E-state index contributed by atoms with van der Waals surface area (Å²) < 4.78 is 37.1. The predicted octanol–water partition coefficient (Wildman–Crippen LogP) is 3.01. The molecule has 0 aliphatic carbocycles. The van der Waals surface area contributed by atoms with E-state index < -0.39 is 22.8 Å². The summed E-state index contributed by atoms with van der Waals surface area (Å²) >= 11 is 0.240. The number of rotatable bonds is 7. The molecule has 0 atom stereocenters. The third kappa shape index (κ3) is 5.76. The fourth-order valence-corrected chi connectivity index (χ4v) is 2.61. The molecule has 0 aliphatic rings. The molecule has 3 N–H and O–H groups in total. The van der Waals surface area contributed by atoms with E-state index in [9.17, 15) is 23.1 Å². The minimum absolute atomic E-state index is 0.0193. The van der Waals surface area contributed by atoms with Gasteiger partial charge in [0.1, 0.15) is 0 Å². The van der Waals surface area contributed by atoms with Gasteiger partial charge in [0.2, 0.25) is 10.1 Å². The maximum atomic E-state index is 12.4. The first-order valence-corrected chi connectivity index (χ1v) is 7.70. The molecule has 1 aromatic heterocycles. The molecule has 22 heavy (non-hydrogen) atoms. The summed E-state index contributed by atoms with van der Waals surface area (Å²) in [6, 6.07) is -0.726. The number of hydrogen-bond donors (Lipinski definition) is 3. The van der Waals surface area contributed by atoms with Crippen LogP contribution in [0.2, 0.25) is 0 Å². The molecule has 0 spiro atoms. The summed E-state index contributed by atoms with van der Waals surface area (Å²) in [5, 5.41) is 19.8. The number of anilines is 1. The first-order valence-electron chi connectivity index (χ1n) is 6.88. The smallest absolute Gasteiger partial charge is 0.388 e. The minimum atomic E-state index is -4.59. The van der Waals surface area contributed by atoms with Crippen LogP contribution in [-0.2, 0) is 6.18 Å². The van der Waals surface area contributed by atoms with Crippen molar-refractivity contribution in [2.45, 2.75) is 51.3 Å². The van der Waals surface area contributed by atoms with Gasteiger partial charge >= 0.3 is 12.2 Å². The quantitative estimate of drug-likeness (QED) is 0.712. The zero-order chi connectivity index (χ0) is 16.8. The van der Waals surface area contributed by atoms with E-state index in [1.54, 1.807) is 0 Å². The van der Waals surface area contributed by atoms with Crippen LogP contribution < -0.4 is 10.6 Å². The average molecular weight is 340 g/mol. The number of halogens is 3. The van der Waals surface area contributed by atoms with Gasteiger partial charge in [0.25, 0.3) is 0 Å². The molecule has 0 saturated heterocycles. The minimum Gasteiger partial charge on any atom is -0.388 e. The molecule has 0 radical (unpaired) electrons. The second kappa shape index (κ2) is 7.73. The van der Waals surface area contributed by atoms with Crippen LogP contribution in [0.4, 0.5) is 23.1 Å². The first-order chi connectivity index (χ1) is 10.2. The van der Waals surface area contributed by atoms with Crippen LogP contribution in [0.5, 0.6) is 0 Å². The number of hydrogen-bond acceptors (Lipinski definition) is 5. The molecular formula is C12H19F3N4O2S. The topological polar surface area (TPSA) is 87.1 Å². The molecule has 1 aromatic rings. The van der Waals surface area contributed by atoms with Crippen molar-refractivity contribution < 1.29 is 23.1 Å². The van der Waals surface area contributed by atoms with E-state index in [-0.39, 0.29) is 23.0 Å². The highest BCUT2D eigenvalue weighted by Gasteiger charge is 2.35. The van der Waals surface area contributed by atoms with Crippen LogP contribution in [0.15, 0.2) is 0 Å². The summed E-state index contributed by atoms with van der Waals surface area (Å²) in [6.45, 7) is 3.85. The van der Waals surface area contributed by atoms with Crippen LogP contribution in [-0.4, -0.2) is 33.5 Å². The van der Waals surface area contributed by atoms with E-state index in [0.717, 1.165) is 12.8 Å². The number of urea groups is 1. The lowest BCUT2D eigenvalue weighted by molar-refractivity contribution is -0.138. The van der Waals surface area contributed by atoms with Gasteiger partial charge in [0.15, 0.2) is 0 Å². The van der Waals surface area contributed by atoms with Crippen molar-refractivity contribution in [1.82, 2.24) is 15.5 Å². The third-order valence-corrected chi connectivity index (χ3v) is 3.78. The number of carbonyl (C=O) groups excluding carboxylic acids is 1. The number of alkyl halides is 3. The number of aromatic nitrogens is 2. The number of nitrogens with zero attached hydrogens (tertiary/aromatic N) is 2. The summed E-state index contributed by atoms with van der Waals surface area (Å²) in [7, 11) is 0. The molecule has 0 unspecified atom stereocenters. The Hall–Kier alpha value is -1.42. The lowest BCUT2D eigenvalue weighted by Crippen LogP contribution is -2.44. The number of aliphatic hydroxyl groups is 1. The lowest BCUT2D eigenvalue weighted by atomic mass is 9.93. The van der Waals surface area contributed by atoms with Crippen molar-refractivity contribution in [3.05, 3.63) is 5.01 Å². The van der Waals surface area contributed by atoms with Crippen LogP contribution in [0.1, 0.15) is 44.5 Å². The summed E-state index contributed by atoms with van der Waals surface area (Å²) in [5.41, 5.74) is -1.01. The van der Waals surface area contributed by atoms with Gasteiger partial charge in [-0.15, -0.1) is 10.2 Å². The van der Waals surface area contributed by atoms with Crippen molar-refractivity contribution in [2.24, 2.45) is 0 Å². The van der Waals surface area contributed by atoms with Crippen LogP contribution >= 0.6 is 11.3 Å². The Labute approximate surface area is 130 Å². The molecule has 0 fully saturated rings. The number of nitrogens with one attached hydrogen (secondary N) is 2. The summed E-state index contributed by atoms with van der Waals surface area (Å²) in [5.74, 6) is 0. The van der Waals surface area contributed by atoms with E-state index in [2.05, 4.69) is 20.8 Å². The lowest BCUT2D eigenvalue weighted by Gasteiger charge is -2.27. The van der Waals surface area contributed by atoms with E-state index in [1.807, 2.05) is 13.8 Å². The van der Waals surface area contributed by atoms with Gasteiger partial charge in [0, 0.05) is 6.54 Å². The molecule has 1 heterocycles. The zero-order valence-electron chi connectivity index (χ0n) is 12.3. The predicted molar refractivity (Wildman–Crippen MR) is 76.7 cm³/mol. The van der Waals surface area contributed by atoms with Gasteiger partial charge in [0.05, 0.1) is 5.60 Å². The Balaban J connectivity index is 2.54. The second-order valence-corrected chi connectivity index (χ2v) is 5.92. The highest BCUT2D eigenvalue weighted by molar-refractivity contribution is 7.15. The first kappa shape index (κ1) is 18.6. The Kier molecular flexibility index (Phi) is 6.54. The van der Waals surface area contributed by atoms with E-state index in [0.29, 0.717) is 12.8 Å². The second-order valence-electron chi connectivity index (χ2n) is 4.94. The van der Waals surface area contributed by atoms with E-state index in [1.165, 1.54) is 0 Å². The van der Waals surface area contributed by atoms with Crippen molar-refractivity contribution >= 4 is 22.5 Å². The molecule has 0 aromatic carbocycles. The van der Waals surface area contributed by atoms with Crippen molar-refractivity contribution in [2.75, 3.05) is 11.9 Å². The summed E-state index contributed by atoms with van der Waals surface area (Å²) in [6.07, 6.45) is -2.02. The molecule has 6 nitrogen and oxygen atoms in total. The average Bonchev–Trinajstić information content (AvgIpc) is 2.85. The van der Waals surface area contributed by atoms with Crippen molar-refractivity contribution in [1.29, 1.82) is 0 Å². The molecule has 0 aliphatic heterocycles. The number of amides is 2. The fraction of sp³-hybridized carbons (Fsp3) is 0.750. The highest BCUT2D eigenvalue weighted by atomic mass is 32.1. The Morgan fingerprint density at radius 3 is 2.27 bits per heavy atom. The van der Waals surface area contributed by atoms with Crippen molar-refractivity contribution in [3.8, 4) is 0 Å². The van der Waals surface area contributed by atoms with E-state index in [4.69, 9.17) is 0 Å². The Morgan fingerprint density at radius 2 is 1.82 bits per heavy atom. The van der Waals surface area contributed by atoms with Crippen LogP contribution in [0.25, 0.3) is 0 Å². The molecular weight excluding hydrogens is 321 g/mol. The van der Waals surface area contributed by atoms with Crippen molar-refractivity contribution in [3.63, 3.8) is 0 Å². The van der Waals surface area contributed by atoms with Gasteiger partial charge in [-0.25, -0.2) is 4.79 Å². The fourth-order valence-electron chi connectivity index (χ4n) is 2.01. The molecule has 10 heteroatoms. The highest BCUT2D eigenvalue weighted by Crippen LogP contribution is 2.32. The van der Waals surface area contributed by atoms with Crippen LogP contribution in [0.3, 0.4) is 0 Å². The van der Waals surface area contributed by atoms with Gasteiger partial charge in [-0.2, -0.15) is 13.2 Å².